The summed E-state index contributed by atoms with van der Waals surface area (Å²) in [7, 11) is 0. The number of nitrogens with zero attached hydrogens (tertiary/aromatic N) is 2. The number of benzene rings is 2. The second-order valence-corrected chi connectivity index (χ2v) is 6.16. The van der Waals surface area contributed by atoms with Crippen LogP contribution in [0.25, 0.3) is 0 Å². The molecule has 0 bridgehead atoms. The van der Waals surface area contributed by atoms with E-state index in [1.807, 2.05) is 36.4 Å². The van der Waals surface area contributed by atoms with Crippen LogP contribution in [0.4, 0.5) is 11.4 Å². The summed E-state index contributed by atoms with van der Waals surface area (Å²) < 4.78 is 0.912. The van der Waals surface area contributed by atoms with Gasteiger partial charge in [0.15, 0.2) is 0 Å². The van der Waals surface area contributed by atoms with Crippen molar-refractivity contribution in [1.82, 2.24) is 0 Å². The standard InChI is InChI=1S/C17H18BrN3/c1-12(2)21(11-13-4-3-5-16(20)8-13)17-7-6-15(18)9-14(17)10-19/h3-9,12H,11,20H2,1-2H3. The molecule has 0 heterocycles. The molecule has 108 valence electrons. The smallest absolute Gasteiger partial charge is 0.101 e. The minimum Gasteiger partial charge on any atom is -0.399 e. The summed E-state index contributed by atoms with van der Waals surface area (Å²) in [5.74, 6) is 0. The molecular weight excluding hydrogens is 326 g/mol. The van der Waals surface area contributed by atoms with Gasteiger partial charge in [0.25, 0.3) is 0 Å². The molecular formula is C17H18BrN3. The van der Waals surface area contributed by atoms with Gasteiger partial charge < -0.3 is 10.6 Å². The highest BCUT2D eigenvalue weighted by atomic mass is 79.9. The summed E-state index contributed by atoms with van der Waals surface area (Å²) in [6.07, 6.45) is 0. The first-order valence-corrected chi connectivity index (χ1v) is 7.61. The molecule has 3 nitrogen and oxygen atoms in total. The molecule has 0 unspecified atom stereocenters. The summed E-state index contributed by atoms with van der Waals surface area (Å²) >= 11 is 3.41. The molecule has 21 heavy (non-hydrogen) atoms. The van der Waals surface area contributed by atoms with Crippen LogP contribution < -0.4 is 10.6 Å². The van der Waals surface area contributed by atoms with Gasteiger partial charge in [-0.2, -0.15) is 5.26 Å². The zero-order valence-corrected chi connectivity index (χ0v) is 13.8. The van der Waals surface area contributed by atoms with Crippen LogP contribution in [0.2, 0.25) is 0 Å². The lowest BCUT2D eigenvalue weighted by atomic mass is 10.1. The highest BCUT2D eigenvalue weighted by Gasteiger charge is 2.15. The number of nitriles is 1. The highest BCUT2D eigenvalue weighted by molar-refractivity contribution is 9.10. The van der Waals surface area contributed by atoms with Crippen LogP contribution in [0.3, 0.4) is 0 Å². The van der Waals surface area contributed by atoms with Gasteiger partial charge in [-0.25, -0.2) is 0 Å². The lowest BCUT2D eigenvalue weighted by Gasteiger charge is -2.30. The average molecular weight is 344 g/mol. The molecule has 2 aromatic rings. The van der Waals surface area contributed by atoms with Gasteiger partial charge in [0.2, 0.25) is 0 Å². The van der Waals surface area contributed by atoms with E-state index in [1.165, 1.54) is 0 Å². The number of halogens is 1. The molecule has 0 saturated carbocycles. The summed E-state index contributed by atoms with van der Waals surface area (Å²) in [6, 6.07) is 16.2. The summed E-state index contributed by atoms with van der Waals surface area (Å²) in [4.78, 5) is 2.21. The van der Waals surface area contributed by atoms with Gasteiger partial charge in [0.05, 0.1) is 11.3 Å². The Morgan fingerprint density at radius 3 is 2.62 bits per heavy atom. The topological polar surface area (TPSA) is 53.0 Å². The molecule has 4 heteroatoms. The highest BCUT2D eigenvalue weighted by Crippen LogP contribution is 2.27. The molecule has 0 spiro atoms. The third kappa shape index (κ3) is 3.77. The Morgan fingerprint density at radius 2 is 2.00 bits per heavy atom. The lowest BCUT2D eigenvalue weighted by Crippen LogP contribution is -2.30. The second-order valence-electron chi connectivity index (χ2n) is 5.24. The van der Waals surface area contributed by atoms with Gasteiger partial charge in [-0.05, 0) is 49.7 Å². The minimum absolute atomic E-state index is 0.278. The Hall–Kier alpha value is -1.99. The van der Waals surface area contributed by atoms with E-state index >= 15 is 0 Å². The fraction of sp³-hybridized carbons (Fsp3) is 0.235. The van der Waals surface area contributed by atoms with E-state index in [9.17, 15) is 5.26 Å². The third-order valence-corrected chi connectivity index (χ3v) is 3.81. The maximum Gasteiger partial charge on any atom is 0.101 e. The summed E-state index contributed by atoms with van der Waals surface area (Å²) in [5.41, 5.74) is 9.35. The van der Waals surface area contributed by atoms with Gasteiger partial charge in [-0.15, -0.1) is 0 Å². The van der Waals surface area contributed by atoms with Crippen molar-refractivity contribution in [1.29, 1.82) is 5.26 Å². The van der Waals surface area contributed by atoms with Crippen LogP contribution >= 0.6 is 15.9 Å². The Bertz CT molecular complexity index is 674. The largest absolute Gasteiger partial charge is 0.399 e. The second kappa shape index (κ2) is 6.64. The molecule has 0 aliphatic carbocycles. The van der Waals surface area contributed by atoms with Crippen molar-refractivity contribution in [3.05, 3.63) is 58.1 Å². The van der Waals surface area contributed by atoms with Crippen LogP contribution in [-0.4, -0.2) is 6.04 Å². The summed E-state index contributed by atoms with van der Waals surface area (Å²) in [5, 5.41) is 9.37. The Morgan fingerprint density at radius 1 is 1.24 bits per heavy atom. The molecule has 0 aliphatic heterocycles. The molecule has 0 aromatic heterocycles. The van der Waals surface area contributed by atoms with Gasteiger partial charge in [0.1, 0.15) is 6.07 Å². The van der Waals surface area contributed by atoms with Crippen molar-refractivity contribution < 1.29 is 0 Å². The summed E-state index contributed by atoms with van der Waals surface area (Å²) in [6.45, 7) is 4.96. The van der Waals surface area contributed by atoms with Crippen molar-refractivity contribution in [2.75, 3.05) is 10.6 Å². The van der Waals surface area contributed by atoms with Crippen LogP contribution in [-0.2, 0) is 6.54 Å². The number of hydrogen-bond acceptors (Lipinski definition) is 3. The fourth-order valence-corrected chi connectivity index (χ4v) is 2.64. The molecule has 0 saturated heterocycles. The number of rotatable bonds is 4. The Labute approximate surface area is 134 Å². The molecule has 2 N–H and O–H groups in total. The zero-order valence-electron chi connectivity index (χ0n) is 12.2. The maximum absolute atomic E-state index is 9.37. The predicted octanol–water partition coefficient (Wildman–Crippen LogP) is 4.32. The first-order chi connectivity index (χ1) is 10.0. The van der Waals surface area contributed by atoms with Gasteiger partial charge in [0, 0.05) is 22.7 Å². The van der Waals surface area contributed by atoms with Crippen molar-refractivity contribution in [3.63, 3.8) is 0 Å². The number of nitrogen functional groups attached to an aromatic ring is 1. The van der Waals surface area contributed by atoms with Crippen LogP contribution in [0, 0.1) is 11.3 Å². The SMILES string of the molecule is CC(C)N(Cc1cccc(N)c1)c1ccc(Br)cc1C#N. The first kappa shape index (κ1) is 15.4. The van der Waals surface area contributed by atoms with E-state index in [0.717, 1.165) is 28.0 Å². The van der Waals surface area contributed by atoms with Gasteiger partial charge >= 0.3 is 0 Å². The van der Waals surface area contributed by atoms with E-state index in [-0.39, 0.29) is 6.04 Å². The Kier molecular flexibility index (Phi) is 4.87. The number of nitrogens with two attached hydrogens (primary N) is 1. The van der Waals surface area contributed by atoms with Crippen LogP contribution in [0.15, 0.2) is 46.9 Å². The molecule has 0 atom stereocenters. The monoisotopic (exact) mass is 343 g/mol. The van der Waals surface area contributed by atoms with E-state index in [1.54, 1.807) is 0 Å². The van der Waals surface area contributed by atoms with E-state index in [2.05, 4.69) is 46.8 Å². The molecule has 0 aliphatic rings. The van der Waals surface area contributed by atoms with Crippen LogP contribution in [0.5, 0.6) is 0 Å². The molecule has 0 radical (unpaired) electrons. The molecule has 0 fully saturated rings. The van der Waals surface area contributed by atoms with Crippen molar-refractivity contribution >= 4 is 27.3 Å². The third-order valence-electron chi connectivity index (χ3n) is 3.32. The number of hydrogen-bond donors (Lipinski definition) is 1. The minimum atomic E-state index is 0.278. The van der Waals surface area contributed by atoms with E-state index in [4.69, 9.17) is 5.73 Å². The lowest BCUT2D eigenvalue weighted by molar-refractivity contribution is 0.682. The molecule has 2 aromatic carbocycles. The van der Waals surface area contributed by atoms with Crippen LogP contribution in [0.1, 0.15) is 25.0 Å². The maximum atomic E-state index is 9.37. The predicted molar refractivity (Wildman–Crippen MR) is 91.0 cm³/mol. The fourth-order valence-electron chi connectivity index (χ4n) is 2.28. The number of anilines is 2. The molecule has 0 amide bonds. The van der Waals surface area contributed by atoms with E-state index in [0.29, 0.717) is 5.56 Å². The van der Waals surface area contributed by atoms with Crippen molar-refractivity contribution in [2.24, 2.45) is 0 Å². The van der Waals surface area contributed by atoms with E-state index < -0.39 is 0 Å². The Balaban J connectivity index is 2.38. The van der Waals surface area contributed by atoms with Gasteiger partial charge in [-0.3, -0.25) is 0 Å². The van der Waals surface area contributed by atoms with Gasteiger partial charge in [-0.1, -0.05) is 28.1 Å². The average Bonchev–Trinajstić information content (AvgIpc) is 2.45. The van der Waals surface area contributed by atoms with Crippen molar-refractivity contribution in [2.45, 2.75) is 26.4 Å². The first-order valence-electron chi connectivity index (χ1n) is 6.82. The van der Waals surface area contributed by atoms with Crippen molar-refractivity contribution in [3.8, 4) is 6.07 Å². The quantitative estimate of drug-likeness (QED) is 0.841. The zero-order chi connectivity index (χ0) is 15.4. The molecule has 2 rings (SSSR count). The normalized spacial score (nSPS) is 10.4.